The lowest BCUT2D eigenvalue weighted by molar-refractivity contribution is 0.352. The standard InChI is InChI=1S/C12H24N4O2S/c1-6-7-16(9(2)3)19(17,18)12-11(8-13-5)10(4)14-15-12/h9,13H,6-8H2,1-5H3,(H,14,15). The fraction of sp³-hybridized carbons (Fsp3) is 0.750. The maximum Gasteiger partial charge on any atom is 0.262 e. The van der Waals surface area contributed by atoms with Crippen molar-refractivity contribution in [2.45, 2.75) is 51.7 Å². The van der Waals surface area contributed by atoms with Gasteiger partial charge in [-0.3, -0.25) is 5.10 Å². The van der Waals surface area contributed by atoms with Gasteiger partial charge in [-0.1, -0.05) is 6.92 Å². The van der Waals surface area contributed by atoms with Gasteiger partial charge in [0.2, 0.25) is 0 Å². The molecule has 0 bridgehead atoms. The van der Waals surface area contributed by atoms with Gasteiger partial charge >= 0.3 is 0 Å². The Morgan fingerprint density at radius 1 is 1.42 bits per heavy atom. The van der Waals surface area contributed by atoms with E-state index in [9.17, 15) is 8.42 Å². The van der Waals surface area contributed by atoms with E-state index in [-0.39, 0.29) is 11.1 Å². The zero-order valence-corrected chi connectivity index (χ0v) is 13.1. The third-order valence-electron chi connectivity index (χ3n) is 2.96. The Morgan fingerprint density at radius 3 is 2.53 bits per heavy atom. The summed E-state index contributed by atoms with van der Waals surface area (Å²) in [6.07, 6.45) is 0.780. The topological polar surface area (TPSA) is 78.1 Å². The molecule has 0 unspecified atom stereocenters. The second-order valence-corrected chi connectivity index (χ2v) is 6.68. The maximum atomic E-state index is 12.7. The molecule has 0 aliphatic heterocycles. The van der Waals surface area contributed by atoms with Crippen LogP contribution in [0, 0.1) is 6.92 Å². The van der Waals surface area contributed by atoms with Crippen molar-refractivity contribution in [2.75, 3.05) is 13.6 Å². The van der Waals surface area contributed by atoms with Gasteiger partial charge in [-0.15, -0.1) is 0 Å². The third-order valence-corrected chi connectivity index (χ3v) is 5.01. The van der Waals surface area contributed by atoms with Crippen molar-refractivity contribution in [1.29, 1.82) is 0 Å². The van der Waals surface area contributed by atoms with E-state index in [1.165, 1.54) is 4.31 Å². The van der Waals surface area contributed by atoms with Gasteiger partial charge < -0.3 is 5.32 Å². The molecule has 1 rings (SSSR count). The van der Waals surface area contributed by atoms with Crippen molar-refractivity contribution in [1.82, 2.24) is 19.8 Å². The summed E-state index contributed by atoms with van der Waals surface area (Å²) in [6.45, 7) is 8.54. The molecule has 6 nitrogen and oxygen atoms in total. The summed E-state index contributed by atoms with van der Waals surface area (Å²) in [4.78, 5) is 0. The molecule has 19 heavy (non-hydrogen) atoms. The first-order chi connectivity index (χ1) is 8.86. The van der Waals surface area contributed by atoms with Crippen molar-refractivity contribution < 1.29 is 8.42 Å². The smallest absolute Gasteiger partial charge is 0.262 e. The lowest BCUT2D eigenvalue weighted by atomic mass is 10.3. The molecular formula is C12H24N4O2S. The van der Waals surface area contributed by atoms with Gasteiger partial charge in [0.25, 0.3) is 10.0 Å². The van der Waals surface area contributed by atoms with Gasteiger partial charge in [0.1, 0.15) is 0 Å². The molecule has 0 radical (unpaired) electrons. The second kappa shape index (κ2) is 6.49. The molecule has 0 aromatic carbocycles. The maximum absolute atomic E-state index is 12.7. The molecule has 0 amide bonds. The van der Waals surface area contributed by atoms with Crippen LogP contribution in [0.1, 0.15) is 38.4 Å². The third kappa shape index (κ3) is 3.34. The summed E-state index contributed by atoms with van der Waals surface area (Å²) in [5.74, 6) is 0. The predicted octanol–water partition coefficient (Wildman–Crippen LogP) is 1.25. The Kier molecular flexibility index (Phi) is 5.51. The average molecular weight is 288 g/mol. The number of nitrogens with zero attached hydrogens (tertiary/aromatic N) is 2. The minimum absolute atomic E-state index is 0.0793. The van der Waals surface area contributed by atoms with Crippen LogP contribution in [0.2, 0.25) is 0 Å². The Morgan fingerprint density at radius 2 is 2.05 bits per heavy atom. The normalized spacial score (nSPS) is 12.6. The zero-order valence-electron chi connectivity index (χ0n) is 12.3. The van der Waals surface area contributed by atoms with Crippen molar-refractivity contribution in [3.8, 4) is 0 Å². The average Bonchev–Trinajstić information content (AvgIpc) is 2.68. The molecule has 0 saturated heterocycles. The van der Waals surface area contributed by atoms with Gasteiger partial charge in [0, 0.05) is 30.4 Å². The van der Waals surface area contributed by atoms with E-state index < -0.39 is 10.0 Å². The van der Waals surface area contributed by atoms with Crippen LogP contribution in [0.5, 0.6) is 0 Å². The molecule has 0 atom stereocenters. The number of aromatic amines is 1. The molecular weight excluding hydrogens is 264 g/mol. The molecule has 0 saturated carbocycles. The number of sulfonamides is 1. The lowest BCUT2D eigenvalue weighted by Gasteiger charge is -2.24. The first-order valence-electron chi connectivity index (χ1n) is 6.56. The van der Waals surface area contributed by atoms with Crippen LogP contribution in [0.25, 0.3) is 0 Å². The molecule has 1 aromatic rings. The molecule has 1 heterocycles. The van der Waals surface area contributed by atoms with E-state index in [1.807, 2.05) is 27.7 Å². The molecule has 7 heteroatoms. The first kappa shape index (κ1) is 16.1. The van der Waals surface area contributed by atoms with Crippen LogP contribution in [0.15, 0.2) is 5.03 Å². The molecule has 0 aliphatic carbocycles. The summed E-state index contributed by atoms with van der Waals surface area (Å²) in [7, 11) is -1.76. The fourth-order valence-corrected chi connectivity index (χ4v) is 3.91. The van der Waals surface area contributed by atoms with Gasteiger partial charge in [-0.2, -0.15) is 9.40 Å². The quantitative estimate of drug-likeness (QED) is 0.791. The van der Waals surface area contributed by atoms with Crippen LogP contribution in [-0.4, -0.2) is 42.6 Å². The molecule has 1 aromatic heterocycles. The number of nitrogens with one attached hydrogen (secondary N) is 2. The van der Waals surface area contributed by atoms with Crippen LogP contribution in [-0.2, 0) is 16.6 Å². The van der Waals surface area contributed by atoms with Gasteiger partial charge in [-0.25, -0.2) is 8.42 Å². The Balaban J connectivity index is 3.25. The minimum Gasteiger partial charge on any atom is -0.316 e. The van der Waals surface area contributed by atoms with Gasteiger partial charge in [0.05, 0.1) is 0 Å². The van der Waals surface area contributed by atoms with Crippen molar-refractivity contribution in [2.24, 2.45) is 0 Å². The first-order valence-corrected chi connectivity index (χ1v) is 8.00. The fourth-order valence-electron chi connectivity index (χ4n) is 2.02. The van der Waals surface area contributed by atoms with E-state index in [1.54, 1.807) is 7.05 Å². The summed E-state index contributed by atoms with van der Waals surface area (Å²) < 4.78 is 26.9. The monoisotopic (exact) mass is 288 g/mol. The number of aromatic nitrogens is 2. The van der Waals surface area contributed by atoms with E-state index in [2.05, 4.69) is 15.5 Å². The van der Waals surface area contributed by atoms with Crippen molar-refractivity contribution in [3.63, 3.8) is 0 Å². The predicted molar refractivity (Wildman–Crippen MR) is 75.4 cm³/mol. The zero-order chi connectivity index (χ0) is 14.6. The number of hydrogen-bond donors (Lipinski definition) is 2. The Labute approximate surface area is 115 Å². The van der Waals surface area contributed by atoms with Crippen LogP contribution in [0.3, 0.4) is 0 Å². The number of hydrogen-bond acceptors (Lipinski definition) is 4. The second-order valence-electron chi connectivity index (χ2n) is 4.87. The van der Waals surface area contributed by atoms with E-state index in [0.29, 0.717) is 18.7 Å². The lowest BCUT2D eigenvalue weighted by Crippen LogP contribution is -2.38. The highest BCUT2D eigenvalue weighted by molar-refractivity contribution is 7.89. The molecule has 0 spiro atoms. The number of rotatable bonds is 7. The summed E-state index contributed by atoms with van der Waals surface area (Å²) in [5, 5.41) is 9.89. The Bertz CT molecular complexity index is 508. The molecule has 110 valence electrons. The van der Waals surface area contributed by atoms with Crippen molar-refractivity contribution in [3.05, 3.63) is 11.3 Å². The summed E-state index contributed by atoms with van der Waals surface area (Å²) in [6, 6.07) is -0.0793. The SMILES string of the molecule is CCCN(C(C)C)S(=O)(=O)c1n[nH]c(C)c1CNC. The van der Waals surface area contributed by atoms with Gasteiger partial charge in [0.15, 0.2) is 5.03 Å². The number of aryl methyl sites for hydroxylation is 1. The summed E-state index contributed by atoms with van der Waals surface area (Å²) >= 11 is 0. The van der Waals surface area contributed by atoms with Crippen LogP contribution >= 0.6 is 0 Å². The highest BCUT2D eigenvalue weighted by Crippen LogP contribution is 2.22. The Hall–Kier alpha value is -0.920. The van der Waals surface area contributed by atoms with Crippen LogP contribution < -0.4 is 5.32 Å². The van der Waals surface area contributed by atoms with Crippen LogP contribution in [0.4, 0.5) is 0 Å². The molecule has 0 aliphatic rings. The highest BCUT2D eigenvalue weighted by atomic mass is 32.2. The van der Waals surface area contributed by atoms with Crippen molar-refractivity contribution >= 4 is 10.0 Å². The number of H-pyrrole nitrogens is 1. The molecule has 2 N–H and O–H groups in total. The van der Waals surface area contributed by atoms with E-state index in [0.717, 1.165) is 12.1 Å². The van der Waals surface area contributed by atoms with Gasteiger partial charge in [-0.05, 0) is 34.2 Å². The largest absolute Gasteiger partial charge is 0.316 e. The van der Waals surface area contributed by atoms with E-state index in [4.69, 9.17) is 0 Å². The minimum atomic E-state index is -3.54. The van der Waals surface area contributed by atoms with E-state index >= 15 is 0 Å². The highest BCUT2D eigenvalue weighted by Gasteiger charge is 2.31. The molecule has 0 fully saturated rings. The summed E-state index contributed by atoms with van der Waals surface area (Å²) in [5.41, 5.74) is 1.50.